The fourth-order valence-corrected chi connectivity index (χ4v) is 3.11. The molecule has 2 aliphatic rings. The molecule has 0 atom stereocenters. The minimum absolute atomic E-state index is 0.0680. The van der Waals surface area contributed by atoms with Crippen molar-refractivity contribution in [2.75, 3.05) is 32.7 Å². The first-order valence-corrected chi connectivity index (χ1v) is 6.71. The maximum atomic E-state index is 11.2. The van der Waals surface area contributed by atoms with E-state index < -0.39 is 0 Å². The van der Waals surface area contributed by atoms with Crippen LogP contribution in [0.2, 0.25) is 0 Å². The van der Waals surface area contributed by atoms with Crippen molar-refractivity contribution in [2.24, 2.45) is 5.73 Å². The topological polar surface area (TPSA) is 70.4 Å². The van der Waals surface area contributed by atoms with Gasteiger partial charge in [-0.3, -0.25) is 4.90 Å². The van der Waals surface area contributed by atoms with Crippen LogP contribution in [-0.4, -0.2) is 49.2 Å². The molecule has 4 N–H and O–H groups in total. The van der Waals surface area contributed by atoms with E-state index in [1.165, 1.54) is 19.3 Å². The van der Waals surface area contributed by atoms with Crippen LogP contribution in [0.3, 0.4) is 0 Å². The molecule has 0 aromatic carbocycles. The van der Waals surface area contributed by atoms with Gasteiger partial charge in [0.25, 0.3) is 0 Å². The smallest absolute Gasteiger partial charge is 0.312 e. The van der Waals surface area contributed by atoms with Crippen molar-refractivity contribution in [1.82, 2.24) is 15.5 Å². The Kier molecular flexibility index (Phi) is 4.23. The van der Waals surface area contributed by atoms with E-state index in [9.17, 15) is 4.79 Å². The number of rotatable bonds is 3. The van der Waals surface area contributed by atoms with Gasteiger partial charge in [-0.25, -0.2) is 4.79 Å². The van der Waals surface area contributed by atoms with E-state index in [4.69, 9.17) is 5.73 Å². The van der Waals surface area contributed by atoms with Crippen LogP contribution in [0.4, 0.5) is 4.79 Å². The summed E-state index contributed by atoms with van der Waals surface area (Å²) in [6.45, 7) is 5.20. The molecule has 2 fully saturated rings. The van der Waals surface area contributed by atoms with E-state index >= 15 is 0 Å². The summed E-state index contributed by atoms with van der Waals surface area (Å²) in [5.74, 6) is 0. The Hall–Kier alpha value is -0.810. The molecule has 1 aliphatic heterocycles. The number of amides is 2. The quantitative estimate of drug-likeness (QED) is 0.663. The zero-order chi connectivity index (χ0) is 12.1. The van der Waals surface area contributed by atoms with Gasteiger partial charge < -0.3 is 16.4 Å². The van der Waals surface area contributed by atoms with E-state index in [1.807, 2.05) is 0 Å². The Morgan fingerprint density at radius 1 is 1.24 bits per heavy atom. The van der Waals surface area contributed by atoms with Gasteiger partial charge in [0.15, 0.2) is 0 Å². The molecule has 98 valence electrons. The Morgan fingerprint density at radius 3 is 2.47 bits per heavy atom. The van der Waals surface area contributed by atoms with Gasteiger partial charge >= 0.3 is 6.03 Å². The molecule has 2 rings (SSSR count). The maximum Gasteiger partial charge on any atom is 0.312 e. The number of urea groups is 1. The third-order valence-corrected chi connectivity index (χ3v) is 3.93. The average molecular weight is 240 g/mol. The molecular formula is C12H24N4O. The fourth-order valence-electron chi connectivity index (χ4n) is 3.11. The fraction of sp³-hybridized carbons (Fsp3) is 0.917. The molecule has 0 bridgehead atoms. The van der Waals surface area contributed by atoms with Crippen molar-refractivity contribution >= 4 is 6.03 Å². The summed E-state index contributed by atoms with van der Waals surface area (Å²) in [6, 6.07) is -0.373. The first-order valence-electron chi connectivity index (χ1n) is 6.71. The summed E-state index contributed by atoms with van der Waals surface area (Å²) >= 11 is 0. The van der Waals surface area contributed by atoms with Crippen molar-refractivity contribution in [1.29, 1.82) is 0 Å². The van der Waals surface area contributed by atoms with Crippen molar-refractivity contribution in [3.8, 4) is 0 Å². The second-order valence-electron chi connectivity index (χ2n) is 5.36. The van der Waals surface area contributed by atoms with Gasteiger partial charge in [-0.2, -0.15) is 0 Å². The van der Waals surface area contributed by atoms with Gasteiger partial charge in [0.2, 0.25) is 0 Å². The van der Waals surface area contributed by atoms with Crippen LogP contribution >= 0.6 is 0 Å². The summed E-state index contributed by atoms with van der Waals surface area (Å²) in [5.41, 5.74) is 5.26. The van der Waals surface area contributed by atoms with E-state index in [0.717, 1.165) is 45.6 Å². The third-order valence-electron chi connectivity index (χ3n) is 3.93. The lowest BCUT2D eigenvalue weighted by molar-refractivity contribution is 0.134. The molecule has 5 nitrogen and oxygen atoms in total. The number of nitrogens with one attached hydrogen (secondary N) is 2. The van der Waals surface area contributed by atoms with Crippen LogP contribution in [0.15, 0.2) is 0 Å². The van der Waals surface area contributed by atoms with Gasteiger partial charge in [0.05, 0.1) is 5.54 Å². The number of nitrogens with two attached hydrogens (primary N) is 1. The Bertz CT molecular complexity index is 257. The lowest BCUT2D eigenvalue weighted by Crippen LogP contribution is -2.60. The Morgan fingerprint density at radius 2 is 1.88 bits per heavy atom. The van der Waals surface area contributed by atoms with Crippen LogP contribution < -0.4 is 16.4 Å². The minimum atomic E-state index is -0.373. The van der Waals surface area contributed by atoms with E-state index in [2.05, 4.69) is 15.5 Å². The zero-order valence-electron chi connectivity index (χ0n) is 10.5. The van der Waals surface area contributed by atoms with Crippen LogP contribution in [0.5, 0.6) is 0 Å². The molecule has 1 saturated heterocycles. The predicted molar refractivity (Wildman–Crippen MR) is 67.8 cm³/mol. The second kappa shape index (κ2) is 5.69. The van der Waals surface area contributed by atoms with Crippen LogP contribution in [-0.2, 0) is 0 Å². The van der Waals surface area contributed by atoms with E-state index in [0.29, 0.717) is 0 Å². The highest BCUT2D eigenvalue weighted by molar-refractivity contribution is 5.72. The van der Waals surface area contributed by atoms with Crippen molar-refractivity contribution in [2.45, 2.75) is 37.6 Å². The number of carbonyl (C=O) groups is 1. The van der Waals surface area contributed by atoms with Crippen molar-refractivity contribution in [3.05, 3.63) is 0 Å². The van der Waals surface area contributed by atoms with Gasteiger partial charge in [0, 0.05) is 32.7 Å². The van der Waals surface area contributed by atoms with Crippen molar-refractivity contribution in [3.63, 3.8) is 0 Å². The number of carbonyl (C=O) groups excluding carboxylic acids is 1. The monoisotopic (exact) mass is 240 g/mol. The van der Waals surface area contributed by atoms with Gasteiger partial charge in [0.1, 0.15) is 0 Å². The van der Waals surface area contributed by atoms with Gasteiger partial charge in [-0.05, 0) is 12.8 Å². The first kappa shape index (κ1) is 12.6. The second-order valence-corrected chi connectivity index (χ2v) is 5.36. The van der Waals surface area contributed by atoms with E-state index in [-0.39, 0.29) is 11.6 Å². The number of primary amides is 1. The molecule has 0 aromatic heterocycles. The molecule has 0 aromatic rings. The summed E-state index contributed by atoms with van der Waals surface area (Å²) < 4.78 is 0. The zero-order valence-corrected chi connectivity index (χ0v) is 10.5. The van der Waals surface area contributed by atoms with Crippen LogP contribution in [0.1, 0.15) is 32.1 Å². The lowest BCUT2D eigenvalue weighted by Gasteiger charge is -2.42. The molecule has 1 saturated carbocycles. The number of hydrogen-bond donors (Lipinski definition) is 3. The molecule has 0 spiro atoms. The molecule has 1 aliphatic carbocycles. The Balaban J connectivity index is 1.95. The minimum Gasteiger partial charge on any atom is -0.352 e. The Labute approximate surface area is 103 Å². The summed E-state index contributed by atoms with van der Waals surface area (Å²) in [5, 5.41) is 6.37. The first-order chi connectivity index (χ1) is 8.20. The molecular weight excluding hydrogens is 216 g/mol. The summed E-state index contributed by atoms with van der Waals surface area (Å²) in [4.78, 5) is 13.6. The molecule has 0 unspecified atom stereocenters. The highest BCUT2D eigenvalue weighted by atomic mass is 16.2. The van der Waals surface area contributed by atoms with Crippen LogP contribution in [0.25, 0.3) is 0 Å². The number of hydrogen-bond acceptors (Lipinski definition) is 3. The maximum absolute atomic E-state index is 11.2. The predicted octanol–water partition coefficient (Wildman–Crippen LogP) is 0.263. The normalized spacial score (nSPS) is 25.4. The molecule has 2 amide bonds. The highest BCUT2D eigenvalue weighted by Crippen LogP contribution is 2.29. The molecule has 1 heterocycles. The number of nitrogens with zero attached hydrogens (tertiary/aromatic N) is 1. The molecule has 17 heavy (non-hydrogen) atoms. The van der Waals surface area contributed by atoms with Gasteiger partial charge in [-0.1, -0.05) is 19.3 Å². The SMILES string of the molecule is NC(=O)NC1(CN2CCNCC2)CCCCC1. The molecule has 0 radical (unpaired) electrons. The molecule has 5 heteroatoms. The highest BCUT2D eigenvalue weighted by Gasteiger charge is 2.35. The standard InChI is InChI=1S/C12H24N4O/c13-11(17)15-12(4-2-1-3-5-12)10-16-8-6-14-7-9-16/h14H,1-10H2,(H3,13,15,17). The van der Waals surface area contributed by atoms with Gasteiger partial charge in [-0.15, -0.1) is 0 Å². The van der Waals surface area contributed by atoms with E-state index in [1.54, 1.807) is 0 Å². The van der Waals surface area contributed by atoms with Crippen molar-refractivity contribution < 1.29 is 4.79 Å². The van der Waals surface area contributed by atoms with Crippen LogP contribution in [0, 0.1) is 0 Å². The largest absolute Gasteiger partial charge is 0.352 e. The summed E-state index contributed by atoms with van der Waals surface area (Å²) in [6.07, 6.45) is 5.82. The lowest BCUT2D eigenvalue weighted by atomic mass is 9.81. The number of piperazine rings is 1. The average Bonchev–Trinajstić information content (AvgIpc) is 2.30. The third kappa shape index (κ3) is 3.57. The summed E-state index contributed by atoms with van der Waals surface area (Å²) in [7, 11) is 0.